The van der Waals surface area contributed by atoms with Gasteiger partial charge in [0.15, 0.2) is 4.47 Å². The Morgan fingerprint density at radius 1 is 1.56 bits per heavy atom. The van der Waals surface area contributed by atoms with Crippen LogP contribution in [-0.2, 0) is 6.54 Å². The zero-order valence-electron chi connectivity index (χ0n) is 9.51. The summed E-state index contributed by atoms with van der Waals surface area (Å²) in [5, 5.41) is 4.24. The molecule has 1 amide bonds. The first-order valence-corrected chi connectivity index (χ1v) is 6.49. The van der Waals surface area contributed by atoms with E-state index in [9.17, 15) is 9.59 Å². The summed E-state index contributed by atoms with van der Waals surface area (Å²) in [6.45, 7) is 2.40. The number of thiazole rings is 1. The van der Waals surface area contributed by atoms with Gasteiger partial charge in [-0.3, -0.25) is 9.59 Å². The van der Waals surface area contributed by atoms with E-state index >= 15 is 0 Å². The maximum Gasteiger partial charge on any atom is 0.275 e. The lowest BCUT2D eigenvalue weighted by Crippen LogP contribution is -2.19. The van der Waals surface area contributed by atoms with Gasteiger partial charge >= 0.3 is 0 Å². The van der Waals surface area contributed by atoms with Gasteiger partial charge in [0.1, 0.15) is 5.69 Å². The van der Waals surface area contributed by atoms with Gasteiger partial charge < -0.3 is 9.88 Å². The predicted molar refractivity (Wildman–Crippen MR) is 71.5 cm³/mol. The molecule has 0 atom stereocenters. The molecule has 2 aromatic heterocycles. The minimum absolute atomic E-state index is 0.104. The Kier molecular flexibility index (Phi) is 3.78. The van der Waals surface area contributed by atoms with Crippen molar-refractivity contribution in [3.8, 4) is 0 Å². The molecule has 0 radical (unpaired) electrons. The quantitative estimate of drug-likeness (QED) is 0.939. The number of hydrogen-bond donors (Lipinski definition) is 1. The van der Waals surface area contributed by atoms with Crippen molar-refractivity contribution >= 4 is 34.5 Å². The number of halogens is 1. The summed E-state index contributed by atoms with van der Waals surface area (Å²) in [5.74, 6) is -0.348. The largest absolute Gasteiger partial charge is 0.319 e. The summed E-state index contributed by atoms with van der Waals surface area (Å²) < 4.78 is 1.82. The van der Waals surface area contributed by atoms with Crippen LogP contribution in [0.3, 0.4) is 0 Å². The standard InChI is InChI=1S/C11H10ClN3O2S/c1-2-15-5-7(3-4-9(15)16)13-10(17)8-6-18-11(12)14-8/h3-6H,2H2,1H3,(H,13,17). The van der Waals surface area contributed by atoms with Crippen molar-refractivity contribution in [2.45, 2.75) is 13.5 Å². The smallest absolute Gasteiger partial charge is 0.275 e. The lowest BCUT2D eigenvalue weighted by Gasteiger charge is -2.06. The SMILES string of the molecule is CCn1cc(NC(=O)c2csc(Cl)n2)ccc1=O. The zero-order chi connectivity index (χ0) is 13.1. The molecule has 0 fully saturated rings. The van der Waals surface area contributed by atoms with Gasteiger partial charge in [0, 0.05) is 24.2 Å². The topological polar surface area (TPSA) is 64.0 Å². The Morgan fingerprint density at radius 3 is 2.94 bits per heavy atom. The van der Waals surface area contributed by atoms with Gasteiger partial charge in [-0.2, -0.15) is 0 Å². The Morgan fingerprint density at radius 2 is 2.33 bits per heavy atom. The van der Waals surface area contributed by atoms with Crippen LogP contribution in [0, 0.1) is 0 Å². The lowest BCUT2D eigenvalue weighted by molar-refractivity contribution is 0.102. The Hall–Kier alpha value is -1.66. The summed E-state index contributed by atoms with van der Waals surface area (Å²) >= 11 is 6.85. The van der Waals surface area contributed by atoms with Crippen LogP contribution in [0.25, 0.3) is 0 Å². The van der Waals surface area contributed by atoms with Gasteiger partial charge in [0.25, 0.3) is 11.5 Å². The number of nitrogens with zero attached hydrogens (tertiary/aromatic N) is 2. The van der Waals surface area contributed by atoms with E-state index < -0.39 is 0 Å². The van der Waals surface area contributed by atoms with E-state index in [1.165, 1.54) is 22.0 Å². The zero-order valence-corrected chi connectivity index (χ0v) is 11.1. The number of nitrogens with one attached hydrogen (secondary N) is 1. The Balaban J connectivity index is 2.19. The average Bonchev–Trinajstić information content (AvgIpc) is 2.78. The van der Waals surface area contributed by atoms with Crippen LogP contribution >= 0.6 is 22.9 Å². The average molecular weight is 284 g/mol. The monoisotopic (exact) mass is 283 g/mol. The summed E-state index contributed by atoms with van der Waals surface area (Å²) in [6, 6.07) is 2.97. The van der Waals surface area contributed by atoms with Crippen LogP contribution in [0.1, 0.15) is 17.4 Å². The minimum Gasteiger partial charge on any atom is -0.319 e. The molecule has 0 spiro atoms. The highest BCUT2D eigenvalue weighted by atomic mass is 35.5. The number of carbonyl (C=O) groups is 1. The summed E-state index contributed by atoms with van der Waals surface area (Å²) in [5.41, 5.74) is 0.706. The first kappa shape index (κ1) is 12.8. The van der Waals surface area contributed by atoms with Gasteiger partial charge in [-0.15, -0.1) is 11.3 Å². The summed E-state index contributed by atoms with van der Waals surface area (Å²) in [6.07, 6.45) is 1.59. The molecule has 0 unspecified atom stereocenters. The van der Waals surface area contributed by atoms with Crippen LogP contribution in [0.15, 0.2) is 28.5 Å². The molecule has 1 N–H and O–H groups in total. The molecular formula is C11H10ClN3O2S. The van der Waals surface area contributed by atoms with Crippen molar-refractivity contribution < 1.29 is 4.79 Å². The number of pyridine rings is 1. The van der Waals surface area contributed by atoms with Gasteiger partial charge in [-0.05, 0) is 13.0 Å². The number of amides is 1. The molecule has 0 aromatic carbocycles. The minimum atomic E-state index is -0.348. The fourth-order valence-electron chi connectivity index (χ4n) is 1.40. The lowest BCUT2D eigenvalue weighted by atomic mass is 10.3. The third-order valence-electron chi connectivity index (χ3n) is 2.29. The van der Waals surface area contributed by atoms with Crippen molar-refractivity contribution in [2.24, 2.45) is 0 Å². The van der Waals surface area contributed by atoms with Crippen molar-refractivity contribution in [2.75, 3.05) is 5.32 Å². The second-order valence-corrected chi connectivity index (χ2v) is 4.92. The molecule has 0 bridgehead atoms. The van der Waals surface area contributed by atoms with Gasteiger partial charge in [-0.25, -0.2) is 4.98 Å². The number of carbonyl (C=O) groups excluding carboxylic acids is 1. The third-order valence-corrected chi connectivity index (χ3v) is 3.27. The van der Waals surface area contributed by atoms with Crippen molar-refractivity contribution in [1.29, 1.82) is 0 Å². The molecule has 0 saturated carbocycles. The molecule has 18 heavy (non-hydrogen) atoms. The van der Waals surface area contributed by atoms with Crippen molar-refractivity contribution in [1.82, 2.24) is 9.55 Å². The molecule has 2 aromatic rings. The highest BCUT2D eigenvalue weighted by Gasteiger charge is 2.10. The fourth-order valence-corrected chi connectivity index (χ4v) is 2.15. The van der Waals surface area contributed by atoms with E-state index in [0.29, 0.717) is 16.7 Å². The summed E-state index contributed by atoms with van der Waals surface area (Å²) in [4.78, 5) is 27.1. The molecule has 0 saturated heterocycles. The molecule has 94 valence electrons. The molecule has 0 aliphatic heterocycles. The second-order valence-electron chi connectivity index (χ2n) is 3.48. The highest BCUT2D eigenvalue weighted by Crippen LogP contribution is 2.16. The fraction of sp³-hybridized carbons (Fsp3) is 0.182. The van der Waals surface area contributed by atoms with E-state index in [1.54, 1.807) is 17.6 Å². The van der Waals surface area contributed by atoms with E-state index in [4.69, 9.17) is 11.6 Å². The molecule has 2 heterocycles. The molecule has 0 aliphatic carbocycles. The maximum absolute atomic E-state index is 11.8. The van der Waals surface area contributed by atoms with Crippen LogP contribution in [0.4, 0.5) is 5.69 Å². The molecule has 2 rings (SSSR count). The van der Waals surface area contributed by atoms with Crippen LogP contribution < -0.4 is 10.9 Å². The van der Waals surface area contributed by atoms with Crippen LogP contribution in [0.2, 0.25) is 4.47 Å². The van der Waals surface area contributed by atoms with E-state index in [0.717, 1.165) is 0 Å². The van der Waals surface area contributed by atoms with E-state index in [1.807, 2.05) is 6.92 Å². The van der Waals surface area contributed by atoms with Gasteiger partial charge in [-0.1, -0.05) is 11.6 Å². The molecule has 7 heteroatoms. The van der Waals surface area contributed by atoms with Gasteiger partial charge in [0.2, 0.25) is 0 Å². The van der Waals surface area contributed by atoms with Crippen LogP contribution in [0.5, 0.6) is 0 Å². The highest BCUT2D eigenvalue weighted by molar-refractivity contribution is 7.14. The molecule has 0 aliphatic rings. The number of aromatic nitrogens is 2. The first-order chi connectivity index (χ1) is 8.60. The normalized spacial score (nSPS) is 10.3. The third kappa shape index (κ3) is 2.77. The van der Waals surface area contributed by atoms with Crippen molar-refractivity contribution in [3.05, 3.63) is 44.2 Å². The number of aryl methyl sites for hydroxylation is 1. The van der Waals surface area contributed by atoms with E-state index in [-0.39, 0.29) is 17.2 Å². The molecular weight excluding hydrogens is 274 g/mol. The van der Waals surface area contributed by atoms with Gasteiger partial charge in [0.05, 0.1) is 5.69 Å². The van der Waals surface area contributed by atoms with E-state index in [2.05, 4.69) is 10.3 Å². The second kappa shape index (κ2) is 5.32. The Bertz CT molecular complexity index is 635. The Labute approximate surface area is 112 Å². The predicted octanol–water partition coefficient (Wildman–Crippen LogP) is 2.23. The van der Waals surface area contributed by atoms with Crippen molar-refractivity contribution in [3.63, 3.8) is 0 Å². The number of rotatable bonds is 3. The maximum atomic E-state index is 11.8. The summed E-state index contributed by atoms with van der Waals surface area (Å²) in [7, 11) is 0. The van der Waals surface area contributed by atoms with Crippen LogP contribution in [-0.4, -0.2) is 15.5 Å². The number of anilines is 1. The molecule has 5 nitrogen and oxygen atoms in total. The number of hydrogen-bond acceptors (Lipinski definition) is 4. The first-order valence-electron chi connectivity index (χ1n) is 5.23.